The lowest BCUT2D eigenvalue weighted by atomic mass is 10.0. The van der Waals surface area contributed by atoms with Gasteiger partial charge in [-0.05, 0) is 84.5 Å². The summed E-state index contributed by atoms with van der Waals surface area (Å²) in [5.74, 6) is -1.02. The van der Waals surface area contributed by atoms with E-state index in [0.717, 1.165) is 99.6 Å². The molecule has 25 nitrogen and oxygen atoms in total. The predicted octanol–water partition coefficient (Wildman–Crippen LogP) is 3.09. The molecule has 0 saturated carbocycles. The number of aliphatic carboxylic acids is 2. The van der Waals surface area contributed by atoms with Gasteiger partial charge in [-0.2, -0.15) is 47.0 Å². The van der Waals surface area contributed by atoms with Gasteiger partial charge >= 0.3 is 42.0 Å². The van der Waals surface area contributed by atoms with E-state index in [2.05, 4.69) is 53.2 Å². The van der Waals surface area contributed by atoms with Crippen LogP contribution in [0, 0.1) is 0 Å². The standard InChI is InChI=1S/C18H32N4O3S.C14H19N3O5S.2C10H16N2O3S/c1-12(23)13(19-2)7-5-6-10-20-16(24)9-4-3-8-15-17-14(11-26-15)21-18(25)22-17;18-10-5-6-11(19)17(10)22-12(20)4-2-1-3-9-13-8(7-23-9)15-14(21)16-13;2*13-8(14)4-2-1-3-7-9-6(5-16-7)11-10(15)12-9/h13-15,17,19H,3-11H2,1-2H3,(H,20,24)(H2,21,22,25);8-9,13H,1-7H2,(H2,15,16,21);2*6-7,9H,1-5H2,(H,13,14)(H2,11,12,15)/t13?,14-,15-,17-;8-,9-,13-;2*6-,7-,9-/m0000/s1/i;;1D2,2D2,3D2,4D2;. The minimum absolute atomic E-state index is 0.0472. The summed E-state index contributed by atoms with van der Waals surface area (Å²) in [6.45, 7) is 2.28. The van der Waals surface area contributed by atoms with Crippen LogP contribution in [-0.2, 0) is 38.4 Å². The maximum atomic E-state index is 11.9. The van der Waals surface area contributed by atoms with Crippen LogP contribution >= 0.6 is 47.0 Å². The van der Waals surface area contributed by atoms with Gasteiger partial charge in [0.15, 0.2) is 0 Å². The summed E-state index contributed by atoms with van der Waals surface area (Å²) < 4.78 is 62.2. The lowest BCUT2D eigenvalue weighted by molar-refractivity contribution is -0.197. The maximum Gasteiger partial charge on any atom is 0.333 e. The van der Waals surface area contributed by atoms with Crippen LogP contribution in [0.4, 0.5) is 19.2 Å². The Morgan fingerprint density at radius 2 is 1.01 bits per heavy atom. The van der Waals surface area contributed by atoms with Crippen LogP contribution in [0.2, 0.25) is 0 Å². The first-order chi connectivity index (χ1) is 41.9. The van der Waals surface area contributed by atoms with Gasteiger partial charge in [0.2, 0.25) is 5.91 Å². The number of amides is 11. The zero-order valence-electron chi connectivity index (χ0n) is 53.4. The Hall–Kier alpha value is -4.87. The normalized spacial score (nSPS) is 31.3. The summed E-state index contributed by atoms with van der Waals surface area (Å²) in [7, 11) is 1.80. The number of imide groups is 1. The van der Waals surface area contributed by atoms with Gasteiger partial charge in [-0.3, -0.25) is 28.8 Å². The van der Waals surface area contributed by atoms with E-state index >= 15 is 0 Å². The van der Waals surface area contributed by atoms with Crippen molar-refractivity contribution in [2.75, 3.05) is 36.6 Å². The number of hydrogen-bond donors (Lipinski definition) is 12. The van der Waals surface area contributed by atoms with Crippen molar-refractivity contribution in [1.82, 2.24) is 58.2 Å². The highest BCUT2D eigenvalue weighted by atomic mass is 32.2. The summed E-state index contributed by atoms with van der Waals surface area (Å²) in [6, 6.07) is -0.704. The van der Waals surface area contributed by atoms with Crippen LogP contribution in [0.1, 0.15) is 153 Å². The first kappa shape index (κ1) is 54.1. The number of carbonyl (C=O) groups excluding carboxylic acids is 9. The SMILES string of the molecule is CNC(CCCCNC(=O)CCCC[C@@H]1SC[C@@H]2NC(=O)N[C@@H]21)C(C)=O.O=C(O)CCCC[C@@H]1SC[C@@H]2NC(=O)N[C@@H]21.O=C1N[C@H]2[C@H](CS[C@H]2CCCCC(=O)ON2C(=O)CCC2=O)N1.[2H]C([2H])(C(=O)O)C([2H])([2H])C([2H])([2H])C([2H])([2H])[C@@H]1SC[C@@H]2NC(=O)N[C@@H]21. The van der Waals surface area contributed by atoms with E-state index in [1.165, 1.54) is 0 Å². The monoisotopic (exact) mass is 1220 g/mol. The van der Waals surface area contributed by atoms with E-state index in [-0.39, 0.29) is 104 Å². The largest absolute Gasteiger partial charge is 0.481 e. The molecule has 9 rings (SSSR count). The Morgan fingerprint density at radius 1 is 0.580 bits per heavy atom. The van der Waals surface area contributed by atoms with Gasteiger partial charge in [-0.15, -0.1) is 5.06 Å². The molecule has 9 saturated heterocycles. The number of fused-ring (bicyclic) bond motifs is 4. The fraction of sp³-hybridized carbons (Fsp3) is 0.788. The Labute approximate surface area is 501 Å². The van der Waals surface area contributed by atoms with Crippen LogP contribution in [0.25, 0.3) is 0 Å². The van der Waals surface area contributed by atoms with Crippen molar-refractivity contribution in [3.63, 3.8) is 0 Å². The van der Waals surface area contributed by atoms with Crippen LogP contribution < -0.4 is 53.2 Å². The molecule has 0 spiro atoms. The second-order valence-corrected chi connectivity index (χ2v) is 25.7. The predicted molar refractivity (Wildman–Crippen MR) is 309 cm³/mol. The zero-order chi connectivity index (χ0) is 65.6. The molecular weight excluding hydrogens is 1130 g/mol. The summed E-state index contributed by atoms with van der Waals surface area (Å²) in [5.41, 5.74) is 0. The molecule has 13 atom stereocenters. The number of carboxylic acids is 2. The molecular formula is C52H83N11O14S4. The minimum atomic E-state index is -3.66. The lowest BCUT2D eigenvalue weighted by Crippen LogP contribution is -2.36. The number of thioether (sulfide) groups is 4. The molecule has 0 aromatic rings. The van der Waals surface area contributed by atoms with Crippen LogP contribution in [-0.4, -0.2) is 193 Å². The van der Waals surface area contributed by atoms with Gasteiger partial charge in [0, 0.05) is 100.0 Å². The maximum absolute atomic E-state index is 11.9. The lowest BCUT2D eigenvalue weighted by Gasteiger charge is -2.16. The number of urea groups is 4. The van der Waals surface area contributed by atoms with Crippen LogP contribution in [0.3, 0.4) is 0 Å². The molecule has 0 radical (unpaired) electrons. The third-order valence-corrected chi connectivity index (χ3v) is 20.6. The summed E-state index contributed by atoms with van der Waals surface area (Å²) >= 11 is 6.59. The van der Waals surface area contributed by atoms with Crippen LogP contribution in [0.15, 0.2) is 0 Å². The van der Waals surface area contributed by atoms with Gasteiger partial charge in [0.05, 0.1) is 54.4 Å². The highest BCUT2D eigenvalue weighted by molar-refractivity contribution is 8.01. The molecule has 9 aliphatic rings. The van der Waals surface area contributed by atoms with E-state index in [1.807, 2.05) is 35.3 Å². The topological polar surface area (TPSA) is 361 Å². The van der Waals surface area contributed by atoms with Crippen molar-refractivity contribution < 1.29 is 78.8 Å². The number of nitrogens with zero attached hydrogens (tertiary/aromatic N) is 1. The molecule has 29 heteroatoms. The van der Waals surface area contributed by atoms with Crippen molar-refractivity contribution in [2.24, 2.45) is 0 Å². The molecule has 0 aliphatic carbocycles. The van der Waals surface area contributed by atoms with Gasteiger partial charge in [0.1, 0.15) is 5.78 Å². The average molecular weight is 1220 g/mol. The average Bonchev–Trinajstić information content (AvgIpc) is 1.76. The smallest absolute Gasteiger partial charge is 0.333 e. The molecule has 9 fully saturated rings. The third-order valence-electron chi connectivity index (χ3n) is 14.8. The molecule has 11 amide bonds. The van der Waals surface area contributed by atoms with Gasteiger partial charge in [-0.1, -0.05) is 25.6 Å². The first-order valence-electron chi connectivity index (χ1n) is 31.6. The number of rotatable bonds is 28. The number of hydroxylamine groups is 2. The molecule has 12 N–H and O–H groups in total. The number of nitrogens with one attached hydrogen (secondary N) is 10. The Kier molecular flexibility index (Phi) is 22.3. The van der Waals surface area contributed by atoms with Gasteiger partial charge in [-0.25, -0.2) is 24.0 Å². The Balaban J connectivity index is 0.000000191. The number of hydrogen-bond acceptors (Lipinski definition) is 17. The Morgan fingerprint density at radius 3 is 1.44 bits per heavy atom. The quantitative estimate of drug-likeness (QED) is 0.0304. The number of Topliss-reactive ketones (excluding diaryl/α,β-unsaturated/α-hetero) is 1. The fourth-order valence-corrected chi connectivity index (χ4v) is 16.5. The highest BCUT2D eigenvalue weighted by Crippen LogP contribution is 2.36. The van der Waals surface area contributed by atoms with Crippen molar-refractivity contribution in [3.8, 4) is 0 Å². The zero-order valence-corrected chi connectivity index (χ0v) is 48.7. The summed E-state index contributed by atoms with van der Waals surface area (Å²) in [6.07, 6.45) is -2.01. The molecule has 9 heterocycles. The molecule has 0 aromatic heterocycles. The van der Waals surface area contributed by atoms with Crippen molar-refractivity contribution in [3.05, 3.63) is 0 Å². The Bertz CT molecular complexity index is 2580. The second-order valence-electron chi connectivity index (χ2n) is 20.7. The van der Waals surface area contributed by atoms with Crippen molar-refractivity contribution >= 4 is 113 Å². The third kappa shape index (κ3) is 21.1. The summed E-state index contributed by atoms with van der Waals surface area (Å²) in [4.78, 5) is 129. The number of carboxylic acid groups (broad SMARTS) is 2. The van der Waals surface area contributed by atoms with E-state index in [0.29, 0.717) is 40.2 Å². The van der Waals surface area contributed by atoms with E-state index in [9.17, 15) is 52.7 Å². The van der Waals surface area contributed by atoms with Gasteiger partial charge < -0.3 is 68.2 Å². The molecule has 81 heavy (non-hydrogen) atoms. The fourth-order valence-electron chi connectivity index (χ4n) is 10.6. The first-order valence-corrected chi connectivity index (χ1v) is 31.8. The summed E-state index contributed by atoms with van der Waals surface area (Å²) in [5, 5.41) is 46.6. The minimum Gasteiger partial charge on any atom is -0.481 e. The number of carbonyl (C=O) groups is 11. The highest BCUT2D eigenvalue weighted by Gasteiger charge is 2.46. The molecule has 0 aromatic carbocycles. The van der Waals surface area contributed by atoms with Crippen molar-refractivity contribution in [1.29, 1.82) is 0 Å². The number of unbranched alkanes of at least 4 members (excludes halogenated alkanes) is 4. The molecule has 9 aliphatic heterocycles. The second kappa shape index (κ2) is 33.4. The number of ketones is 1. The van der Waals surface area contributed by atoms with Crippen molar-refractivity contribution in [2.45, 2.75) is 217 Å². The van der Waals surface area contributed by atoms with E-state index in [4.69, 9.17) is 26.0 Å². The molecule has 0 bridgehead atoms. The van der Waals surface area contributed by atoms with E-state index < -0.39 is 78.6 Å². The van der Waals surface area contributed by atoms with E-state index in [1.54, 1.807) is 14.0 Å². The van der Waals surface area contributed by atoms with Gasteiger partial charge in [0.25, 0.3) is 11.8 Å². The number of likely N-dealkylation sites (N-methyl/N-ethyl adjacent to an activating group) is 1. The van der Waals surface area contributed by atoms with Crippen LogP contribution in [0.5, 0.6) is 0 Å². The molecule has 454 valence electrons. The molecule has 1 unspecified atom stereocenters.